The highest BCUT2D eigenvalue weighted by molar-refractivity contribution is 7.79. The van der Waals surface area contributed by atoms with Crippen LogP contribution in [0.1, 0.15) is 12.5 Å². The van der Waals surface area contributed by atoms with Gasteiger partial charge in [-0.25, -0.2) is 9.50 Å². The quantitative estimate of drug-likeness (QED) is 0.748. The molecule has 0 spiro atoms. The van der Waals surface area contributed by atoms with Gasteiger partial charge < -0.3 is 4.74 Å². The van der Waals surface area contributed by atoms with Crippen LogP contribution in [0.15, 0.2) is 42.7 Å². The Morgan fingerprint density at radius 3 is 2.90 bits per heavy atom. The van der Waals surface area contributed by atoms with Gasteiger partial charge >= 0.3 is 0 Å². The second-order valence-corrected chi connectivity index (χ2v) is 4.62. The standard InChI is InChI=1S/C15H15N3OS/c1-2-19-13-7-4-3-6-11(13)14-12(10-20)15-16-8-5-9-18(15)17-14/h3-9,20H,2,10H2,1H3. The summed E-state index contributed by atoms with van der Waals surface area (Å²) in [5.74, 6) is 1.41. The van der Waals surface area contributed by atoms with Crippen molar-refractivity contribution in [1.29, 1.82) is 0 Å². The van der Waals surface area contributed by atoms with Crippen LogP contribution in [0.25, 0.3) is 16.9 Å². The molecule has 0 atom stereocenters. The zero-order chi connectivity index (χ0) is 13.9. The second kappa shape index (κ2) is 5.54. The van der Waals surface area contributed by atoms with E-state index in [4.69, 9.17) is 4.74 Å². The average molecular weight is 285 g/mol. The molecule has 102 valence electrons. The molecule has 20 heavy (non-hydrogen) atoms. The van der Waals surface area contributed by atoms with E-state index in [0.717, 1.165) is 28.2 Å². The van der Waals surface area contributed by atoms with Gasteiger partial charge in [0, 0.05) is 29.3 Å². The van der Waals surface area contributed by atoms with Crippen LogP contribution in [-0.2, 0) is 5.75 Å². The van der Waals surface area contributed by atoms with Crippen LogP contribution in [-0.4, -0.2) is 21.2 Å². The van der Waals surface area contributed by atoms with E-state index in [0.29, 0.717) is 12.4 Å². The highest BCUT2D eigenvalue weighted by Gasteiger charge is 2.17. The van der Waals surface area contributed by atoms with Gasteiger partial charge in [-0.05, 0) is 25.1 Å². The van der Waals surface area contributed by atoms with Crippen LogP contribution < -0.4 is 4.74 Å². The number of ether oxygens (including phenoxy) is 1. The topological polar surface area (TPSA) is 39.4 Å². The molecule has 0 radical (unpaired) electrons. The average Bonchev–Trinajstić information content (AvgIpc) is 2.86. The molecule has 1 aromatic carbocycles. The molecular weight excluding hydrogens is 270 g/mol. The molecule has 0 saturated carbocycles. The van der Waals surface area contributed by atoms with Crippen LogP contribution in [0.4, 0.5) is 0 Å². The largest absolute Gasteiger partial charge is 0.493 e. The van der Waals surface area contributed by atoms with Crippen molar-refractivity contribution in [3.8, 4) is 17.0 Å². The van der Waals surface area contributed by atoms with Gasteiger partial charge in [0.1, 0.15) is 11.4 Å². The first kappa shape index (κ1) is 13.0. The molecule has 0 aliphatic rings. The molecule has 3 aromatic rings. The maximum atomic E-state index is 5.69. The fraction of sp³-hybridized carbons (Fsp3) is 0.200. The fourth-order valence-corrected chi connectivity index (χ4v) is 2.53. The third-order valence-corrected chi connectivity index (χ3v) is 3.41. The minimum absolute atomic E-state index is 0.580. The highest BCUT2D eigenvalue weighted by Crippen LogP contribution is 2.33. The van der Waals surface area contributed by atoms with E-state index < -0.39 is 0 Å². The van der Waals surface area contributed by atoms with Crippen molar-refractivity contribution in [3.05, 3.63) is 48.3 Å². The van der Waals surface area contributed by atoms with E-state index in [1.165, 1.54) is 0 Å². The summed E-state index contributed by atoms with van der Waals surface area (Å²) in [6.07, 6.45) is 3.66. The van der Waals surface area contributed by atoms with Crippen LogP contribution in [0.3, 0.4) is 0 Å². The molecule has 0 saturated heterocycles. The molecule has 0 unspecified atom stereocenters. The monoisotopic (exact) mass is 285 g/mol. The predicted octanol–water partition coefficient (Wildman–Crippen LogP) is 3.22. The maximum Gasteiger partial charge on any atom is 0.159 e. The number of benzene rings is 1. The van der Waals surface area contributed by atoms with Gasteiger partial charge in [-0.15, -0.1) is 0 Å². The van der Waals surface area contributed by atoms with Crippen LogP contribution >= 0.6 is 12.6 Å². The lowest BCUT2D eigenvalue weighted by atomic mass is 10.1. The first-order valence-electron chi connectivity index (χ1n) is 6.50. The zero-order valence-corrected chi connectivity index (χ0v) is 12.0. The Kier molecular flexibility index (Phi) is 3.60. The summed E-state index contributed by atoms with van der Waals surface area (Å²) >= 11 is 4.42. The Hall–Kier alpha value is -2.01. The Balaban J connectivity index is 2.24. The fourth-order valence-electron chi connectivity index (χ4n) is 2.24. The predicted molar refractivity (Wildman–Crippen MR) is 82.3 cm³/mol. The highest BCUT2D eigenvalue weighted by atomic mass is 32.1. The number of nitrogens with zero attached hydrogens (tertiary/aromatic N) is 3. The van der Waals surface area contributed by atoms with E-state index >= 15 is 0 Å². The summed E-state index contributed by atoms with van der Waals surface area (Å²) in [6.45, 7) is 2.60. The molecule has 0 N–H and O–H groups in total. The van der Waals surface area contributed by atoms with Gasteiger partial charge in [-0.2, -0.15) is 17.7 Å². The van der Waals surface area contributed by atoms with E-state index in [1.54, 1.807) is 10.7 Å². The third kappa shape index (κ3) is 2.14. The summed E-state index contributed by atoms with van der Waals surface area (Å²) < 4.78 is 7.47. The van der Waals surface area contributed by atoms with E-state index in [9.17, 15) is 0 Å². The molecule has 2 heterocycles. The Bertz CT molecular complexity index is 739. The lowest BCUT2D eigenvalue weighted by Gasteiger charge is -2.08. The zero-order valence-electron chi connectivity index (χ0n) is 11.2. The first-order valence-corrected chi connectivity index (χ1v) is 7.13. The molecule has 2 aromatic heterocycles. The van der Waals surface area contributed by atoms with E-state index in [2.05, 4.69) is 22.7 Å². The van der Waals surface area contributed by atoms with Gasteiger partial charge in [0.25, 0.3) is 0 Å². The summed E-state index contributed by atoms with van der Waals surface area (Å²) in [5.41, 5.74) is 3.71. The van der Waals surface area contributed by atoms with Gasteiger partial charge in [-0.3, -0.25) is 0 Å². The molecule has 0 aliphatic carbocycles. The van der Waals surface area contributed by atoms with Crippen molar-refractivity contribution in [2.24, 2.45) is 0 Å². The lowest BCUT2D eigenvalue weighted by molar-refractivity contribution is 0.341. The number of aromatic nitrogens is 3. The minimum atomic E-state index is 0.580. The summed E-state index contributed by atoms with van der Waals surface area (Å²) in [7, 11) is 0. The summed E-state index contributed by atoms with van der Waals surface area (Å²) in [5, 5.41) is 4.62. The third-order valence-electron chi connectivity index (χ3n) is 3.09. The van der Waals surface area contributed by atoms with Crippen molar-refractivity contribution in [2.75, 3.05) is 6.61 Å². The number of para-hydroxylation sites is 1. The minimum Gasteiger partial charge on any atom is -0.493 e. The number of thiol groups is 1. The molecule has 0 aliphatic heterocycles. The Morgan fingerprint density at radius 1 is 1.25 bits per heavy atom. The van der Waals surface area contributed by atoms with Crippen molar-refractivity contribution < 1.29 is 4.74 Å². The first-order chi connectivity index (χ1) is 9.85. The van der Waals surface area contributed by atoms with Crippen LogP contribution in [0, 0.1) is 0 Å². The second-order valence-electron chi connectivity index (χ2n) is 4.30. The molecule has 3 rings (SSSR count). The Morgan fingerprint density at radius 2 is 2.10 bits per heavy atom. The lowest BCUT2D eigenvalue weighted by Crippen LogP contribution is -1.95. The van der Waals surface area contributed by atoms with Crippen LogP contribution in [0.5, 0.6) is 5.75 Å². The molecule has 0 bridgehead atoms. The summed E-state index contributed by atoms with van der Waals surface area (Å²) in [4.78, 5) is 4.38. The van der Waals surface area contributed by atoms with Crippen molar-refractivity contribution >= 4 is 18.3 Å². The van der Waals surface area contributed by atoms with E-state index in [-0.39, 0.29) is 0 Å². The van der Waals surface area contributed by atoms with Crippen molar-refractivity contribution in [3.63, 3.8) is 0 Å². The van der Waals surface area contributed by atoms with Crippen molar-refractivity contribution in [2.45, 2.75) is 12.7 Å². The number of hydrogen-bond donors (Lipinski definition) is 1. The maximum absolute atomic E-state index is 5.69. The summed E-state index contributed by atoms with van der Waals surface area (Å²) in [6, 6.07) is 9.78. The van der Waals surface area contributed by atoms with Gasteiger partial charge in [0.15, 0.2) is 5.65 Å². The number of fused-ring (bicyclic) bond motifs is 1. The van der Waals surface area contributed by atoms with Gasteiger partial charge in [0.2, 0.25) is 0 Å². The molecule has 0 amide bonds. The normalized spacial score (nSPS) is 10.9. The smallest absolute Gasteiger partial charge is 0.159 e. The molecule has 0 fully saturated rings. The number of hydrogen-bond acceptors (Lipinski definition) is 4. The SMILES string of the molecule is CCOc1ccccc1-c1nn2cccnc2c1CS. The van der Waals surface area contributed by atoms with Crippen LogP contribution in [0.2, 0.25) is 0 Å². The molecule has 5 heteroatoms. The molecule has 4 nitrogen and oxygen atoms in total. The molecular formula is C15H15N3OS. The van der Waals surface area contributed by atoms with E-state index in [1.807, 2.05) is 43.5 Å². The van der Waals surface area contributed by atoms with Gasteiger partial charge in [-0.1, -0.05) is 12.1 Å². The van der Waals surface area contributed by atoms with Crippen molar-refractivity contribution in [1.82, 2.24) is 14.6 Å². The Labute approximate surface area is 122 Å². The number of rotatable bonds is 4. The van der Waals surface area contributed by atoms with Gasteiger partial charge in [0.05, 0.1) is 6.61 Å².